The average Bonchev–Trinajstić information content (AvgIpc) is 3.35. The Balaban J connectivity index is 0.00000306. The topological polar surface area (TPSA) is 97.1 Å². The fourth-order valence-corrected chi connectivity index (χ4v) is 4.75. The Morgan fingerprint density at radius 1 is 1.18 bits per heavy atom. The Hall–Kier alpha value is -2.74. The van der Waals surface area contributed by atoms with Gasteiger partial charge in [-0.15, -0.1) is 12.4 Å². The highest BCUT2D eigenvalue weighted by atomic mass is 35.5. The van der Waals surface area contributed by atoms with Crippen LogP contribution in [0.4, 0.5) is 5.69 Å². The number of aryl methyl sites for hydroxylation is 1. The third-order valence-corrected chi connectivity index (χ3v) is 6.50. The van der Waals surface area contributed by atoms with Gasteiger partial charge in [0.15, 0.2) is 11.3 Å². The lowest BCUT2D eigenvalue weighted by atomic mass is 9.84. The summed E-state index contributed by atoms with van der Waals surface area (Å²) in [5.74, 6) is 0.0349. The molecule has 1 unspecified atom stereocenters. The summed E-state index contributed by atoms with van der Waals surface area (Å²) in [7, 11) is 0. The first-order chi connectivity index (χ1) is 15.5. The fourth-order valence-electron chi connectivity index (χ4n) is 4.75. The number of piperidine rings is 1. The van der Waals surface area contributed by atoms with Gasteiger partial charge in [0, 0.05) is 36.8 Å². The zero-order chi connectivity index (χ0) is 22.6. The molecule has 2 aliphatic rings. The Morgan fingerprint density at radius 2 is 1.91 bits per heavy atom. The van der Waals surface area contributed by atoms with Crippen LogP contribution in [0.1, 0.15) is 29.5 Å². The summed E-state index contributed by atoms with van der Waals surface area (Å²) < 4.78 is 11.1. The monoisotopic (exact) mass is 473 g/mol. The molecule has 2 aromatic carbocycles. The Kier molecular flexibility index (Phi) is 8.24. The molecule has 0 aliphatic carbocycles. The standard InChI is InChI=1S/C25H31N3O4.ClH/c1-18-6-5-9-20(15-29)23(18)27-21-10-12-28(13-11-21)25(24(26)30,22-16-31-17-32-22)14-19-7-3-2-4-8-19;/h2-9,16,21,27,29H,10-15,17H2,1H3,(H2,26,30);1H. The molecule has 0 aromatic heterocycles. The van der Waals surface area contributed by atoms with E-state index in [1.807, 2.05) is 55.5 Å². The molecule has 7 nitrogen and oxygen atoms in total. The molecule has 33 heavy (non-hydrogen) atoms. The molecule has 1 fully saturated rings. The molecule has 2 aromatic rings. The van der Waals surface area contributed by atoms with Crippen molar-refractivity contribution in [2.24, 2.45) is 5.73 Å². The van der Waals surface area contributed by atoms with E-state index in [0.29, 0.717) is 25.3 Å². The van der Waals surface area contributed by atoms with Crippen LogP contribution in [-0.2, 0) is 27.3 Å². The lowest BCUT2D eigenvalue weighted by Gasteiger charge is -2.45. The molecule has 0 radical (unpaired) electrons. The number of halogens is 1. The summed E-state index contributed by atoms with van der Waals surface area (Å²) >= 11 is 0. The second-order valence-electron chi connectivity index (χ2n) is 8.47. The molecule has 1 amide bonds. The molecule has 8 heteroatoms. The third-order valence-electron chi connectivity index (χ3n) is 6.50. The number of nitrogens with one attached hydrogen (secondary N) is 1. The molecular formula is C25H32ClN3O4. The van der Waals surface area contributed by atoms with Gasteiger partial charge in [0.2, 0.25) is 12.7 Å². The lowest BCUT2D eigenvalue weighted by Crippen LogP contribution is -2.62. The summed E-state index contributed by atoms with van der Waals surface area (Å²) in [5, 5.41) is 13.3. The van der Waals surface area contributed by atoms with Crippen LogP contribution in [0.25, 0.3) is 0 Å². The maximum absolute atomic E-state index is 13.0. The second-order valence-corrected chi connectivity index (χ2v) is 8.47. The highest BCUT2D eigenvalue weighted by molar-refractivity contribution is 5.88. The number of rotatable bonds is 8. The van der Waals surface area contributed by atoms with Crippen LogP contribution in [0.2, 0.25) is 0 Å². The third kappa shape index (κ3) is 5.11. The highest BCUT2D eigenvalue weighted by Crippen LogP contribution is 2.35. The minimum Gasteiger partial charge on any atom is -0.462 e. The zero-order valence-corrected chi connectivity index (χ0v) is 19.6. The van der Waals surface area contributed by atoms with E-state index in [1.165, 1.54) is 6.26 Å². The molecule has 0 saturated carbocycles. The minimum atomic E-state index is -1.10. The predicted octanol–water partition coefficient (Wildman–Crippen LogP) is 3.10. The number of ether oxygens (including phenoxy) is 2. The number of aliphatic hydroxyl groups excluding tert-OH is 1. The van der Waals surface area contributed by atoms with Crippen molar-refractivity contribution in [3.8, 4) is 0 Å². The molecule has 0 spiro atoms. The first-order valence-corrected chi connectivity index (χ1v) is 11.0. The number of anilines is 1. The van der Waals surface area contributed by atoms with Gasteiger partial charge in [-0.2, -0.15) is 0 Å². The molecule has 0 bridgehead atoms. The number of benzene rings is 2. The first kappa shape index (κ1) is 24.9. The van der Waals surface area contributed by atoms with E-state index in [0.717, 1.165) is 35.2 Å². The van der Waals surface area contributed by atoms with Gasteiger partial charge < -0.3 is 25.6 Å². The predicted molar refractivity (Wildman–Crippen MR) is 130 cm³/mol. The van der Waals surface area contributed by atoms with Gasteiger partial charge >= 0.3 is 0 Å². The lowest BCUT2D eigenvalue weighted by molar-refractivity contribution is -0.131. The van der Waals surface area contributed by atoms with Crippen molar-refractivity contribution in [3.05, 3.63) is 77.2 Å². The minimum absolute atomic E-state index is 0. The number of amides is 1. The van der Waals surface area contributed by atoms with Gasteiger partial charge in [-0.3, -0.25) is 9.69 Å². The van der Waals surface area contributed by atoms with Gasteiger partial charge in [-0.1, -0.05) is 48.5 Å². The SMILES string of the molecule is Cc1cccc(CO)c1NC1CCN(C(Cc2ccccc2)(C(N)=O)C2=COCO2)CC1.Cl. The van der Waals surface area contributed by atoms with E-state index < -0.39 is 11.4 Å². The number of aliphatic hydroxyl groups is 1. The summed E-state index contributed by atoms with van der Waals surface area (Å²) in [6, 6.07) is 16.0. The van der Waals surface area contributed by atoms with Gasteiger partial charge in [0.25, 0.3) is 0 Å². The number of hydrogen-bond acceptors (Lipinski definition) is 6. The Labute approximate surface area is 201 Å². The second kappa shape index (κ2) is 10.9. The van der Waals surface area contributed by atoms with Crippen LogP contribution in [0, 0.1) is 6.92 Å². The van der Waals surface area contributed by atoms with E-state index in [1.54, 1.807) is 0 Å². The van der Waals surface area contributed by atoms with E-state index in [4.69, 9.17) is 15.2 Å². The molecule has 1 atom stereocenters. The van der Waals surface area contributed by atoms with Crippen LogP contribution >= 0.6 is 12.4 Å². The van der Waals surface area contributed by atoms with Crippen LogP contribution in [0.3, 0.4) is 0 Å². The van der Waals surface area contributed by atoms with E-state index in [9.17, 15) is 9.90 Å². The van der Waals surface area contributed by atoms with Crippen LogP contribution in [-0.4, -0.2) is 47.4 Å². The van der Waals surface area contributed by atoms with Crippen LogP contribution in [0.5, 0.6) is 0 Å². The number of primary amides is 1. The molecule has 1 saturated heterocycles. The van der Waals surface area contributed by atoms with Crippen molar-refractivity contribution in [1.29, 1.82) is 0 Å². The van der Waals surface area contributed by atoms with Crippen molar-refractivity contribution >= 4 is 24.0 Å². The van der Waals surface area contributed by atoms with Crippen molar-refractivity contribution in [2.75, 3.05) is 25.2 Å². The van der Waals surface area contributed by atoms with Crippen molar-refractivity contribution in [3.63, 3.8) is 0 Å². The fraction of sp³-hybridized carbons (Fsp3) is 0.400. The zero-order valence-electron chi connectivity index (χ0n) is 18.8. The van der Waals surface area contributed by atoms with Crippen LogP contribution < -0.4 is 11.1 Å². The van der Waals surface area contributed by atoms with E-state index >= 15 is 0 Å². The largest absolute Gasteiger partial charge is 0.462 e. The van der Waals surface area contributed by atoms with Gasteiger partial charge in [-0.05, 0) is 30.9 Å². The summed E-state index contributed by atoms with van der Waals surface area (Å²) in [6.45, 7) is 3.48. The van der Waals surface area contributed by atoms with E-state index in [-0.39, 0.29) is 31.8 Å². The molecule has 178 valence electrons. The number of carbonyl (C=O) groups excluding carboxylic acids is 1. The van der Waals surface area contributed by atoms with Gasteiger partial charge in [-0.25, -0.2) is 0 Å². The normalized spacial score (nSPS) is 18.3. The molecule has 4 N–H and O–H groups in total. The maximum atomic E-state index is 13.0. The number of carbonyl (C=O) groups is 1. The number of nitrogens with zero attached hydrogens (tertiary/aromatic N) is 1. The number of para-hydroxylation sites is 1. The Morgan fingerprint density at radius 3 is 2.52 bits per heavy atom. The van der Waals surface area contributed by atoms with Crippen molar-refractivity contribution in [1.82, 2.24) is 4.90 Å². The molecule has 2 heterocycles. The van der Waals surface area contributed by atoms with E-state index in [2.05, 4.69) is 10.2 Å². The van der Waals surface area contributed by atoms with Crippen LogP contribution in [0.15, 0.2) is 60.6 Å². The summed E-state index contributed by atoms with van der Waals surface area (Å²) in [5.41, 5.74) is 8.96. The summed E-state index contributed by atoms with van der Waals surface area (Å²) in [4.78, 5) is 15.1. The Bertz CT molecular complexity index is 977. The molecule has 2 aliphatic heterocycles. The first-order valence-electron chi connectivity index (χ1n) is 11.0. The number of nitrogens with two attached hydrogens (primary N) is 1. The number of hydrogen-bond donors (Lipinski definition) is 3. The average molecular weight is 474 g/mol. The summed E-state index contributed by atoms with van der Waals surface area (Å²) in [6.07, 6.45) is 3.61. The molecular weight excluding hydrogens is 442 g/mol. The van der Waals surface area contributed by atoms with Crippen molar-refractivity contribution < 1.29 is 19.4 Å². The molecule has 4 rings (SSSR count). The maximum Gasteiger partial charge on any atom is 0.246 e. The smallest absolute Gasteiger partial charge is 0.246 e. The number of likely N-dealkylation sites (tertiary alicyclic amines) is 1. The van der Waals surface area contributed by atoms with Crippen molar-refractivity contribution in [2.45, 2.75) is 44.4 Å². The quantitative estimate of drug-likeness (QED) is 0.545. The van der Waals surface area contributed by atoms with Gasteiger partial charge in [0.05, 0.1) is 6.61 Å². The highest BCUT2D eigenvalue weighted by Gasteiger charge is 2.50. The van der Waals surface area contributed by atoms with Gasteiger partial charge in [0.1, 0.15) is 6.26 Å².